The zero-order valence-corrected chi connectivity index (χ0v) is 8.68. The molecular formula is C9H15ClF3N. The zero-order chi connectivity index (χ0) is 9.53. The second-order valence-electron chi connectivity index (χ2n) is 4.16. The van der Waals surface area contributed by atoms with Gasteiger partial charge >= 0.3 is 6.18 Å². The molecule has 2 rings (SSSR count). The minimum absolute atomic E-state index is 0. The van der Waals surface area contributed by atoms with E-state index in [0.717, 1.165) is 19.4 Å². The molecule has 0 spiro atoms. The molecule has 5 heteroatoms. The van der Waals surface area contributed by atoms with Gasteiger partial charge in [-0.3, -0.25) is 0 Å². The first-order chi connectivity index (χ1) is 6.06. The second-order valence-corrected chi connectivity index (χ2v) is 4.16. The number of rotatable bonds is 1. The average molecular weight is 230 g/mol. The van der Waals surface area contributed by atoms with Crippen molar-refractivity contribution in [1.29, 1.82) is 0 Å². The minimum Gasteiger partial charge on any atom is -0.313 e. The quantitative estimate of drug-likeness (QED) is 0.729. The molecule has 1 aliphatic carbocycles. The van der Waals surface area contributed by atoms with Gasteiger partial charge in [0.2, 0.25) is 0 Å². The van der Waals surface area contributed by atoms with Crippen molar-refractivity contribution in [2.45, 2.75) is 44.3 Å². The summed E-state index contributed by atoms with van der Waals surface area (Å²) in [7, 11) is 0. The number of halogens is 4. The Bertz CT molecular complexity index is 195. The van der Waals surface area contributed by atoms with Crippen molar-refractivity contribution in [2.24, 2.45) is 5.41 Å². The maximum atomic E-state index is 12.6. The summed E-state index contributed by atoms with van der Waals surface area (Å²) in [5, 5.41) is 3.01. The Hall–Kier alpha value is 0.0400. The number of piperidine rings is 1. The molecule has 0 radical (unpaired) electrons. The van der Waals surface area contributed by atoms with Gasteiger partial charge in [0.1, 0.15) is 0 Å². The Kier molecular flexibility index (Phi) is 3.37. The lowest BCUT2D eigenvalue weighted by Crippen LogP contribution is -2.47. The fourth-order valence-electron chi connectivity index (χ4n) is 2.29. The fourth-order valence-corrected chi connectivity index (χ4v) is 2.29. The van der Waals surface area contributed by atoms with E-state index in [-0.39, 0.29) is 18.4 Å². The second kappa shape index (κ2) is 3.89. The molecule has 1 saturated carbocycles. The van der Waals surface area contributed by atoms with Crippen molar-refractivity contribution in [2.75, 3.05) is 6.54 Å². The van der Waals surface area contributed by atoms with E-state index >= 15 is 0 Å². The predicted octanol–water partition coefficient (Wildman–Crippen LogP) is 2.89. The van der Waals surface area contributed by atoms with Crippen LogP contribution >= 0.6 is 12.4 Å². The van der Waals surface area contributed by atoms with Gasteiger partial charge < -0.3 is 5.32 Å². The summed E-state index contributed by atoms with van der Waals surface area (Å²) >= 11 is 0. The lowest BCUT2D eigenvalue weighted by molar-refractivity contribution is -0.197. The van der Waals surface area contributed by atoms with Gasteiger partial charge in [0, 0.05) is 6.04 Å². The summed E-state index contributed by atoms with van der Waals surface area (Å²) in [5.41, 5.74) is -1.35. The normalized spacial score (nSPS) is 30.6. The first kappa shape index (κ1) is 12.1. The van der Waals surface area contributed by atoms with Gasteiger partial charge in [-0.1, -0.05) is 6.42 Å². The Morgan fingerprint density at radius 2 is 1.79 bits per heavy atom. The first-order valence-electron chi connectivity index (χ1n) is 4.86. The smallest absolute Gasteiger partial charge is 0.313 e. The lowest BCUT2D eigenvalue weighted by atomic mass is 9.89. The third-order valence-electron chi connectivity index (χ3n) is 3.33. The molecular weight excluding hydrogens is 215 g/mol. The zero-order valence-electron chi connectivity index (χ0n) is 7.86. The van der Waals surface area contributed by atoms with Crippen molar-refractivity contribution in [3.05, 3.63) is 0 Å². The molecule has 1 saturated heterocycles. The highest BCUT2D eigenvalue weighted by atomic mass is 35.5. The van der Waals surface area contributed by atoms with Crippen LogP contribution in [0, 0.1) is 5.41 Å². The highest BCUT2D eigenvalue weighted by Gasteiger charge is 2.66. The predicted molar refractivity (Wildman–Crippen MR) is 50.6 cm³/mol. The van der Waals surface area contributed by atoms with E-state index in [1.165, 1.54) is 0 Å². The van der Waals surface area contributed by atoms with E-state index in [0.29, 0.717) is 19.3 Å². The van der Waals surface area contributed by atoms with Crippen LogP contribution in [0.5, 0.6) is 0 Å². The summed E-state index contributed by atoms with van der Waals surface area (Å²) < 4.78 is 37.9. The fraction of sp³-hybridized carbons (Fsp3) is 1.00. The third kappa shape index (κ3) is 1.87. The largest absolute Gasteiger partial charge is 0.395 e. The van der Waals surface area contributed by atoms with Gasteiger partial charge in [-0.25, -0.2) is 0 Å². The molecule has 1 unspecified atom stereocenters. The molecule has 0 aromatic carbocycles. The van der Waals surface area contributed by atoms with E-state index in [1.54, 1.807) is 0 Å². The summed E-state index contributed by atoms with van der Waals surface area (Å²) in [5.74, 6) is 0. The van der Waals surface area contributed by atoms with E-state index in [9.17, 15) is 13.2 Å². The molecule has 0 amide bonds. The van der Waals surface area contributed by atoms with Crippen LogP contribution in [0.1, 0.15) is 32.1 Å². The number of nitrogens with one attached hydrogen (secondary N) is 1. The van der Waals surface area contributed by atoms with E-state index < -0.39 is 11.6 Å². The monoisotopic (exact) mass is 229 g/mol. The molecule has 0 bridgehead atoms. The molecule has 1 nitrogen and oxygen atoms in total. The van der Waals surface area contributed by atoms with E-state index in [4.69, 9.17) is 0 Å². The number of hydrogen-bond donors (Lipinski definition) is 1. The van der Waals surface area contributed by atoms with Gasteiger partial charge in [0.15, 0.2) is 0 Å². The van der Waals surface area contributed by atoms with Gasteiger partial charge in [-0.15, -0.1) is 12.4 Å². The van der Waals surface area contributed by atoms with Crippen LogP contribution in [0.4, 0.5) is 13.2 Å². The summed E-state index contributed by atoms with van der Waals surface area (Å²) in [4.78, 5) is 0. The van der Waals surface area contributed by atoms with Crippen molar-refractivity contribution in [3.8, 4) is 0 Å². The Morgan fingerprint density at radius 3 is 2.14 bits per heavy atom. The van der Waals surface area contributed by atoms with Crippen molar-refractivity contribution >= 4 is 12.4 Å². The molecule has 1 heterocycles. The molecule has 1 aliphatic heterocycles. The average Bonchev–Trinajstić information content (AvgIpc) is 2.84. The highest BCUT2D eigenvalue weighted by Crippen LogP contribution is 2.60. The Balaban J connectivity index is 0.000000980. The Labute approximate surface area is 87.8 Å². The Morgan fingerprint density at radius 1 is 1.14 bits per heavy atom. The van der Waals surface area contributed by atoms with E-state index in [1.807, 2.05) is 0 Å². The van der Waals surface area contributed by atoms with E-state index in [2.05, 4.69) is 5.32 Å². The number of hydrogen-bond acceptors (Lipinski definition) is 1. The molecule has 1 atom stereocenters. The van der Waals surface area contributed by atoms with Crippen molar-refractivity contribution < 1.29 is 13.2 Å². The molecule has 2 fully saturated rings. The first-order valence-corrected chi connectivity index (χ1v) is 4.86. The van der Waals surface area contributed by atoms with Crippen LogP contribution in [0.2, 0.25) is 0 Å². The van der Waals surface area contributed by atoms with Gasteiger partial charge in [0.05, 0.1) is 5.41 Å². The van der Waals surface area contributed by atoms with Gasteiger partial charge in [-0.05, 0) is 32.2 Å². The van der Waals surface area contributed by atoms with Gasteiger partial charge in [0.25, 0.3) is 0 Å². The SMILES string of the molecule is Cl.FC(F)(F)C1(C2CCCCN2)CC1. The van der Waals surface area contributed by atoms with Crippen LogP contribution in [0.25, 0.3) is 0 Å². The van der Waals surface area contributed by atoms with Crippen LogP contribution in [-0.2, 0) is 0 Å². The third-order valence-corrected chi connectivity index (χ3v) is 3.33. The van der Waals surface area contributed by atoms with Crippen molar-refractivity contribution in [3.63, 3.8) is 0 Å². The molecule has 2 aliphatic rings. The molecule has 0 aromatic rings. The lowest BCUT2D eigenvalue weighted by Gasteiger charge is -2.32. The van der Waals surface area contributed by atoms with Crippen LogP contribution in [0.15, 0.2) is 0 Å². The topological polar surface area (TPSA) is 12.0 Å². The molecule has 0 aromatic heterocycles. The summed E-state index contributed by atoms with van der Waals surface area (Å²) in [6.07, 6.45) is -0.691. The minimum atomic E-state index is -4.00. The van der Waals surface area contributed by atoms with Crippen LogP contribution in [0.3, 0.4) is 0 Å². The maximum absolute atomic E-state index is 12.6. The highest BCUT2D eigenvalue weighted by molar-refractivity contribution is 5.85. The molecule has 1 N–H and O–H groups in total. The summed E-state index contributed by atoms with van der Waals surface area (Å²) in [6, 6.07) is -0.304. The molecule has 14 heavy (non-hydrogen) atoms. The molecule has 84 valence electrons. The van der Waals surface area contributed by atoms with Crippen LogP contribution in [-0.4, -0.2) is 18.8 Å². The summed E-state index contributed by atoms with van der Waals surface area (Å²) in [6.45, 7) is 0.752. The van der Waals surface area contributed by atoms with Crippen molar-refractivity contribution in [1.82, 2.24) is 5.32 Å². The van der Waals surface area contributed by atoms with Crippen LogP contribution < -0.4 is 5.32 Å². The standard InChI is InChI=1S/C9H14F3N.ClH/c10-9(11,12)8(4-5-8)7-3-1-2-6-13-7;/h7,13H,1-6H2;1H. The van der Waals surface area contributed by atoms with Gasteiger partial charge in [-0.2, -0.15) is 13.2 Å². The number of alkyl halides is 3. The maximum Gasteiger partial charge on any atom is 0.395 e.